The van der Waals surface area contributed by atoms with E-state index in [1.807, 2.05) is 0 Å². The number of pyridine rings is 1. The average Bonchev–Trinajstić information content (AvgIpc) is 2.64. The zero-order valence-corrected chi connectivity index (χ0v) is 18.2. The number of rotatable bonds is 9. The highest BCUT2D eigenvalue weighted by Crippen LogP contribution is 2.47. The first-order chi connectivity index (χ1) is 14.6. The van der Waals surface area contributed by atoms with Crippen molar-refractivity contribution in [1.82, 2.24) is 0 Å². The highest BCUT2D eigenvalue weighted by atomic mass is 32.3. The van der Waals surface area contributed by atoms with Crippen LogP contribution in [0.5, 0.6) is 0 Å². The van der Waals surface area contributed by atoms with E-state index in [9.17, 15) is 60.7 Å². The summed E-state index contributed by atoms with van der Waals surface area (Å²) < 4.78 is 163. The number of nitrogens with zero attached hydrogens (tertiary/aromatic N) is 2. The van der Waals surface area contributed by atoms with Gasteiger partial charge in [0, 0.05) is 18.6 Å². The van der Waals surface area contributed by atoms with E-state index in [0.717, 1.165) is 0 Å². The van der Waals surface area contributed by atoms with Crippen LogP contribution in [0.4, 0.5) is 43.9 Å². The molecular formula is C15H18F10N2O4S2. The van der Waals surface area contributed by atoms with Gasteiger partial charge in [0.25, 0.3) is 0 Å². The third-order valence-corrected chi connectivity index (χ3v) is 6.88. The van der Waals surface area contributed by atoms with Gasteiger partial charge in [-0.05, 0) is 6.42 Å². The molecule has 0 saturated heterocycles. The monoisotopic (exact) mass is 544 g/mol. The largest absolute Gasteiger partial charge is 0.467 e. The second-order valence-electron chi connectivity index (χ2n) is 6.23. The molecule has 0 N–H and O–H groups in total. The highest BCUT2D eigenvalue weighted by Gasteiger charge is 2.68. The van der Waals surface area contributed by atoms with Gasteiger partial charge >= 0.3 is 22.9 Å². The van der Waals surface area contributed by atoms with Gasteiger partial charge in [-0.25, -0.2) is 21.4 Å². The quantitative estimate of drug-likeness (QED) is 0.252. The second-order valence-corrected chi connectivity index (χ2v) is 9.75. The molecule has 0 aliphatic heterocycles. The fourth-order valence-electron chi connectivity index (χ4n) is 1.82. The third-order valence-electron chi connectivity index (χ3n) is 3.55. The van der Waals surface area contributed by atoms with Crippen LogP contribution < -0.4 is 4.57 Å². The van der Waals surface area contributed by atoms with Crippen LogP contribution in [-0.4, -0.2) is 39.7 Å². The summed E-state index contributed by atoms with van der Waals surface area (Å²) in [6.07, 6.45) is -4.39. The summed E-state index contributed by atoms with van der Waals surface area (Å²) in [5, 5.41) is -14.0. The van der Waals surface area contributed by atoms with E-state index in [1.165, 1.54) is 32.2 Å². The van der Waals surface area contributed by atoms with E-state index in [4.69, 9.17) is 0 Å². The first-order valence-corrected chi connectivity index (χ1v) is 11.6. The highest BCUT2D eigenvalue weighted by molar-refractivity contribution is 8.13. The predicted octanol–water partition coefficient (Wildman–Crippen LogP) is 4.88. The van der Waals surface area contributed by atoms with Gasteiger partial charge in [0.2, 0.25) is 0 Å². The molecule has 0 amide bonds. The molecule has 0 aliphatic carbocycles. The van der Waals surface area contributed by atoms with Gasteiger partial charge < -0.3 is 4.13 Å². The van der Waals surface area contributed by atoms with Crippen LogP contribution >= 0.6 is 0 Å². The van der Waals surface area contributed by atoms with E-state index < -0.39 is 42.9 Å². The van der Waals surface area contributed by atoms with Crippen LogP contribution in [0.1, 0.15) is 32.6 Å². The van der Waals surface area contributed by atoms with E-state index in [0.29, 0.717) is 4.13 Å². The number of hydrogen-bond acceptors (Lipinski definition) is 4. The Kier molecular flexibility index (Phi) is 10.6. The van der Waals surface area contributed by atoms with Crippen molar-refractivity contribution in [2.24, 2.45) is 0 Å². The van der Waals surface area contributed by atoms with Crippen LogP contribution in [0.25, 0.3) is 4.13 Å². The lowest BCUT2D eigenvalue weighted by Gasteiger charge is -2.31. The maximum absolute atomic E-state index is 12.3. The molecule has 194 valence electrons. The normalized spacial score (nSPS) is 13.9. The topological polar surface area (TPSA) is 86.3 Å². The zero-order chi connectivity index (χ0) is 26.4. The van der Waals surface area contributed by atoms with Gasteiger partial charge in [0.1, 0.15) is 6.54 Å². The lowest BCUT2D eigenvalue weighted by molar-refractivity contribution is -0.697. The Hall–Kier alpha value is -1.69. The summed E-state index contributed by atoms with van der Waals surface area (Å²) in [7, 11) is -15.2. The minimum absolute atomic E-state index is 0.422. The molecule has 0 aromatic carbocycles. The van der Waals surface area contributed by atoms with Crippen LogP contribution in [0.2, 0.25) is 0 Å². The number of unbranched alkanes of at least 4 members (excludes halogenated alkanes) is 3. The number of halogens is 10. The maximum Gasteiger partial charge on any atom is 0.467 e. The van der Waals surface area contributed by atoms with Crippen LogP contribution in [0, 0.1) is 0 Å². The molecule has 33 heavy (non-hydrogen) atoms. The summed E-state index contributed by atoms with van der Waals surface area (Å²) in [4.78, 5) is 0. The molecule has 6 nitrogen and oxygen atoms in total. The third kappa shape index (κ3) is 8.24. The lowest BCUT2D eigenvalue weighted by Crippen LogP contribution is -2.48. The SMILES string of the molecule is CCCCCC[n+]1ccccc1.O=S(=O)([N-]S(=O)(=O)C(F)(F)C(F)(F)F)C(F)(F)C(F)(F)F. The molecule has 0 unspecified atom stereocenters. The maximum atomic E-state index is 12.3. The molecule has 0 fully saturated rings. The molecule has 1 heterocycles. The molecule has 0 saturated carbocycles. The van der Waals surface area contributed by atoms with Crippen molar-refractivity contribution in [3.8, 4) is 0 Å². The van der Waals surface area contributed by atoms with Crippen molar-refractivity contribution in [2.75, 3.05) is 0 Å². The fraction of sp³-hybridized carbons (Fsp3) is 0.667. The Morgan fingerprint density at radius 1 is 0.667 bits per heavy atom. The summed E-state index contributed by atoms with van der Waals surface area (Å²) in [5.41, 5.74) is 0. The first-order valence-electron chi connectivity index (χ1n) is 8.70. The van der Waals surface area contributed by atoms with Crippen molar-refractivity contribution in [1.29, 1.82) is 0 Å². The average molecular weight is 544 g/mol. The molecule has 0 spiro atoms. The summed E-state index contributed by atoms with van der Waals surface area (Å²) >= 11 is 0. The van der Waals surface area contributed by atoms with Gasteiger partial charge in [-0.15, -0.1) is 0 Å². The van der Waals surface area contributed by atoms with Crippen LogP contribution in [0.3, 0.4) is 0 Å². The summed E-state index contributed by atoms with van der Waals surface area (Å²) in [5.74, 6) is 0. The molecule has 1 aromatic heterocycles. The van der Waals surface area contributed by atoms with E-state index in [-0.39, 0.29) is 0 Å². The van der Waals surface area contributed by atoms with E-state index in [2.05, 4.69) is 42.1 Å². The van der Waals surface area contributed by atoms with Gasteiger partial charge in [0.15, 0.2) is 32.4 Å². The molecule has 1 rings (SSSR count). The molecular weight excluding hydrogens is 526 g/mol. The number of hydrogen-bond donors (Lipinski definition) is 0. The lowest BCUT2D eigenvalue weighted by atomic mass is 10.2. The van der Waals surface area contributed by atoms with Gasteiger partial charge in [-0.2, -0.15) is 43.9 Å². The van der Waals surface area contributed by atoms with Crippen molar-refractivity contribution in [2.45, 2.75) is 62.0 Å². The number of alkyl halides is 10. The molecule has 0 atom stereocenters. The molecule has 0 radical (unpaired) electrons. The number of aryl methyl sites for hydroxylation is 1. The van der Waals surface area contributed by atoms with Gasteiger partial charge in [0.05, 0.1) is 0 Å². The zero-order valence-electron chi connectivity index (χ0n) is 16.5. The van der Waals surface area contributed by atoms with Crippen LogP contribution in [-0.2, 0) is 26.6 Å². The minimum atomic E-state index is -7.62. The van der Waals surface area contributed by atoms with Gasteiger partial charge in [-0.1, -0.05) is 25.8 Å². The van der Waals surface area contributed by atoms with Crippen LogP contribution in [0.15, 0.2) is 30.6 Å². The summed E-state index contributed by atoms with van der Waals surface area (Å²) in [6.45, 7) is 3.41. The summed E-state index contributed by atoms with van der Waals surface area (Å²) in [6, 6.07) is 6.22. The van der Waals surface area contributed by atoms with Crippen molar-refractivity contribution < 1.29 is 65.3 Å². The Labute approximate surface area is 182 Å². The number of sulfonamides is 2. The van der Waals surface area contributed by atoms with Gasteiger partial charge in [-0.3, -0.25) is 0 Å². The molecule has 1 aromatic rings. The number of aromatic nitrogens is 1. The smallest absolute Gasteiger partial charge is 0.425 e. The van der Waals surface area contributed by atoms with Crippen molar-refractivity contribution >= 4 is 20.0 Å². The van der Waals surface area contributed by atoms with E-state index in [1.54, 1.807) is 0 Å². The second kappa shape index (κ2) is 11.2. The molecule has 18 heteroatoms. The standard InChI is InChI=1S/C11H18N.C4F10NO4S2/c1-2-3-4-6-9-12-10-7-5-8-11-12;5-1(6,7)3(11,12)20(16,17)15-21(18,19)4(13,14)2(8,9)10/h5,7-8,10-11H,2-4,6,9H2,1H3;/q+1;-1. The Morgan fingerprint density at radius 3 is 1.39 bits per heavy atom. The Balaban J connectivity index is 0.000000716. The fourth-order valence-corrected chi connectivity index (χ4v) is 4.19. The molecule has 0 aliphatic rings. The van der Waals surface area contributed by atoms with Crippen molar-refractivity contribution in [3.63, 3.8) is 0 Å². The minimum Gasteiger partial charge on any atom is -0.425 e. The van der Waals surface area contributed by atoms with E-state index >= 15 is 0 Å². The van der Waals surface area contributed by atoms with Crippen molar-refractivity contribution in [3.05, 3.63) is 34.7 Å². The predicted molar refractivity (Wildman–Crippen MR) is 94.0 cm³/mol. The molecule has 0 bridgehead atoms. The Morgan fingerprint density at radius 2 is 1.06 bits per heavy atom. The first kappa shape index (κ1) is 31.3. The Bertz CT molecular complexity index is 893.